The zero-order chi connectivity index (χ0) is 18.4. The number of benzene rings is 2. The summed E-state index contributed by atoms with van der Waals surface area (Å²) in [5, 5.41) is 13.5. The van der Waals surface area contributed by atoms with E-state index in [1.54, 1.807) is 18.2 Å². The third-order valence-electron chi connectivity index (χ3n) is 4.12. The van der Waals surface area contributed by atoms with Crippen molar-refractivity contribution in [3.63, 3.8) is 0 Å². The van der Waals surface area contributed by atoms with Gasteiger partial charge in [0, 0.05) is 17.8 Å². The van der Waals surface area contributed by atoms with Gasteiger partial charge in [-0.15, -0.1) is 0 Å². The second-order valence-corrected chi connectivity index (χ2v) is 6.14. The molecule has 1 aliphatic carbocycles. The summed E-state index contributed by atoms with van der Waals surface area (Å²) in [5.74, 6) is 0.650. The monoisotopic (exact) mass is 356 g/mol. The van der Waals surface area contributed by atoms with E-state index in [1.165, 1.54) is 31.0 Å². The smallest absolute Gasteiger partial charge is 0.273 e. The van der Waals surface area contributed by atoms with Gasteiger partial charge in [0.05, 0.1) is 17.1 Å². The summed E-state index contributed by atoms with van der Waals surface area (Å²) in [6, 6.07) is 13.0. The Labute approximate surface area is 151 Å². The van der Waals surface area contributed by atoms with Crippen LogP contribution < -0.4 is 14.8 Å². The first-order valence-corrected chi connectivity index (χ1v) is 8.54. The van der Waals surface area contributed by atoms with Crippen molar-refractivity contribution >= 4 is 17.3 Å². The molecule has 0 saturated heterocycles. The van der Waals surface area contributed by atoms with Gasteiger partial charge < -0.3 is 14.8 Å². The van der Waals surface area contributed by atoms with Gasteiger partial charge in [-0.05, 0) is 43.9 Å². The quantitative estimate of drug-likeness (QED) is 0.599. The van der Waals surface area contributed by atoms with Crippen LogP contribution in [0.15, 0.2) is 48.5 Å². The molecular formula is C19H20N2O5. The van der Waals surface area contributed by atoms with Crippen molar-refractivity contribution in [1.82, 2.24) is 0 Å². The number of non-ortho nitro benzene ring substituents is 1. The topological polar surface area (TPSA) is 90.7 Å². The summed E-state index contributed by atoms with van der Waals surface area (Å²) < 4.78 is 11.2. The molecule has 1 amide bonds. The number of ether oxygens (including phenoxy) is 2. The molecule has 0 radical (unpaired) electrons. The van der Waals surface area contributed by atoms with Gasteiger partial charge in [-0.1, -0.05) is 12.1 Å². The Morgan fingerprint density at radius 2 is 1.85 bits per heavy atom. The lowest BCUT2D eigenvalue weighted by Crippen LogP contribution is -2.20. The first-order valence-electron chi connectivity index (χ1n) is 8.54. The van der Waals surface area contributed by atoms with Gasteiger partial charge in [-0.25, -0.2) is 0 Å². The molecule has 0 unspecified atom stereocenters. The lowest BCUT2D eigenvalue weighted by Gasteiger charge is -2.14. The van der Waals surface area contributed by atoms with Crippen molar-refractivity contribution in [2.45, 2.75) is 31.8 Å². The Morgan fingerprint density at radius 1 is 1.12 bits per heavy atom. The molecule has 0 heterocycles. The average Bonchev–Trinajstić information content (AvgIpc) is 3.13. The minimum Gasteiger partial charge on any atom is -0.490 e. The first-order chi connectivity index (χ1) is 12.6. The maximum absolute atomic E-state index is 12.0. The molecule has 0 aliphatic heterocycles. The van der Waals surface area contributed by atoms with Gasteiger partial charge in [0.2, 0.25) is 0 Å². The summed E-state index contributed by atoms with van der Waals surface area (Å²) in [6.07, 6.45) is 4.76. The number of rotatable bonds is 7. The maximum atomic E-state index is 12.0. The van der Waals surface area contributed by atoms with Crippen molar-refractivity contribution in [1.29, 1.82) is 0 Å². The zero-order valence-corrected chi connectivity index (χ0v) is 14.2. The molecule has 26 heavy (non-hydrogen) atoms. The Kier molecular flexibility index (Phi) is 5.68. The normalized spacial score (nSPS) is 14.0. The van der Waals surface area contributed by atoms with Crippen molar-refractivity contribution in [3.05, 3.63) is 58.6 Å². The molecule has 1 saturated carbocycles. The highest BCUT2D eigenvalue weighted by Crippen LogP contribution is 2.26. The summed E-state index contributed by atoms with van der Waals surface area (Å²) in [7, 11) is 0. The maximum Gasteiger partial charge on any atom is 0.273 e. The van der Waals surface area contributed by atoms with Gasteiger partial charge in [-0.3, -0.25) is 14.9 Å². The fourth-order valence-electron chi connectivity index (χ4n) is 2.88. The van der Waals surface area contributed by atoms with Crippen LogP contribution in [-0.4, -0.2) is 23.5 Å². The molecule has 0 aromatic heterocycles. The van der Waals surface area contributed by atoms with E-state index in [0.29, 0.717) is 5.69 Å². The second kappa shape index (κ2) is 8.33. The predicted octanol–water partition coefficient (Wildman–Crippen LogP) is 3.93. The van der Waals surface area contributed by atoms with E-state index in [1.807, 2.05) is 12.1 Å². The number of amides is 1. The highest BCUT2D eigenvalue weighted by Gasteiger charge is 2.16. The van der Waals surface area contributed by atoms with Crippen LogP contribution >= 0.6 is 0 Å². The van der Waals surface area contributed by atoms with E-state index < -0.39 is 4.92 Å². The SMILES string of the molecule is O=C(COc1cccc([N+](=O)[O-])c1)Nc1cccc(OC2CCCC2)c1. The summed E-state index contributed by atoms with van der Waals surface area (Å²) in [4.78, 5) is 22.3. The Bertz CT molecular complexity index is 787. The summed E-state index contributed by atoms with van der Waals surface area (Å²) >= 11 is 0. The number of carbonyl (C=O) groups is 1. The number of nitro groups is 1. The molecule has 136 valence electrons. The molecular weight excluding hydrogens is 336 g/mol. The first kappa shape index (κ1) is 17.7. The van der Waals surface area contributed by atoms with Gasteiger partial charge in [-0.2, -0.15) is 0 Å². The van der Waals surface area contributed by atoms with Crippen LogP contribution in [0.5, 0.6) is 11.5 Å². The van der Waals surface area contributed by atoms with Crippen LogP contribution in [0, 0.1) is 10.1 Å². The van der Waals surface area contributed by atoms with Crippen LogP contribution in [0.3, 0.4) is 0 Å². The predicted molar refractivity (Wildman–Crippen MR) is 96.5 cm³/mol. The molecule has 0 atom stereocenters. The second-order valence-electron chi connectivity index (χ2n) is 6.14. The van der Waals surface area contributed by atoms with Crippen LogP contribution in [0.4, 0.5) is 11.4 Å². The van der Waals surface area contributed by atoms with Crippen LogP contribution in [0.25, 0.3) is 0 Å². The largest absolute Gasteiger partial charge is 0.490 e. The molecule has 1 N–H and O–H groups in total. The van der Waals surface area contributed by atoms with Crippen molar-refractivity contribution in [3.8, 4) is 11.5 Å². The van der Waals surface area contributed by atoms with E-state index in [-0.39, 0.29) is 30.1 Å². The van der Waals surface area contributed by atoms with Crippen LogP contribution in [0.1, 0.15) is 25.7 Å². The molecule has 2 aromatic carbocycles. The fourth-order valence-corrected chi connectivity index (χ4v) is 2.88. The Balaban J connectivity index is 1.53. The molecule has 3 rings (SSSR count). The summed E-state index contributed by atoms with van der Waals surface area (Å²) in [6.45, 7) is -0.241. The minimum atomic E-state index is -0.511. The molecule has 2 aromatic rings. The number of anilines is 1. The lowest BCUT2D eigenvalue weighted by atomic mass is 10.2. The highest BCUT2D eigenvalue weighted by atomic mass is 16.6. The van der Waals surface area contributed by atoms with Gasteiger partial charge >= 0.3 is 0 Å². The van der Waals surface area contributed by atoms with Crippen molar-refractivity contribution in [2.24, 2.45) is 0 Å². The number of nitrogens with zero attached hydrogens (tertiary/aromatic N) is 1. The third-order valence-corrected chi connectivity index (χ3v) is 4.12. The molecule has 1 aliphatic rings. The van der Waals surface area contributed by atoms with E-state index in [4.69, 9.17) is 9.47 Å². The number of hydrogen-bond donors (Lipinski definition) is 1. The average molecular weight is 356 g/mol. The van der Waals surface area contributed by atoms with E-state index in [2.05, 4.69) is 5.32 Å². The zero-order valence-electron chi connectivity index (χ0n) is 14.2. The number of nitro benzene ring substituents is 1. The Hall–Kier alpha value is -3.09. The van der Waals surface area contributed by atoms with E-state index in [0.717, 1.165) is 18.6 Å². The third kappa shape index (κ3) is 4.95. The van der Waals surface area contributed by atoms with Crippen LogP contribution in [-0.2, 0) is 4.79 Å². The van der Waals surface area contributed by atoms with E-state index >= 15 is 0 Å². The minimum absolute atomic E-state index is 0.0836. The summed E-state index contributed by atoms with van der Waals surface area (Å²) in [5.41, 5.74) is 0.535. The molecule has 0 bridgehead atoms. The number of carbonyl (C=O) groups excluding carboxylic acids is 1. The van der Waals surface area contributed by atoms with Gasteiger partial charge in [0.1, 0.15) is 11.5 Å². The fraction of sp³-hybridized carbons (Fsp3) is 0.316. The van der Waals surface area contributed by atoms with Crippen LogP contribution in [0.2, 0.25) is 0 Å². The standard InChI is InChI=1S/C19H20N2O5/c22-19(13-25-17-9-4-6-15(12-17)21(23)24)20-14-5-3-10-18(11-14)26-16-7-1-2-8-16/h3-6,9-12,16H,1-2,7-8,13H2,(H,20,22). The number of hydrogen-bond acceptors (Lipinski definition) is 5. The molecule has 1 fully saturated rings. The molecule has 7 nitrogen and oxygen atoms in total. The van der Waals surface area contributed by atoms with Gasteiger partial charge in [0.15, 0.2) is 6.61 Å². The van der Waals surface area contributed by atoms with Crippen molar-refractivity contribution in [2.75, 3.05) is 11.9 Å². The Morgan fingerprint density at radius 3 is 2.62 bits per heavy atom. The lowest BCUT2D eigenvalue weighted by molar-refractivity contribution is -0.384. The highest BCUT2D eigenvalue weighted by molar-refractivity contribution is 5.92. The van der Waals surface area contributed by atoms with Gasteiger partial charge in [0.25, 0.3) is 11.6 Å². The molecule has 7 heteroatoms. The van der Waals surface area contributed by atoms with Crippen molar-refractivity contribution < 1.29 is 19.2 Å². The molecule has 0 spiro atoms. The number of nitrogens with one attached hydrogen (secondary N) is 1. The van der Waals surface area contributed by atoms with E-state index in [9.17, 15) is 14.9 Å².